The van der Waals surface area contributed by atoms with Crippen LogP contribution in [0.25, 0.3) is 0 Å². The Kier molecular flexibility index (Phi) is 4.69. The van der Waals surface area contributed by atoms with Crippen molar-refractivity contribution in [1.29, 1.82) is 0 Å². The second kappa shape index (κ2) is 6.27. The van der Waals surface area contributed by atoms with E-state index < -0.39 is 0 Å². The third-order valence-electron chi connectivity index (χ3n) is 3.44. The molecule has 0 aromatic carbocycles. The predicted molar refractivity (Wildman–Crippen MR) is 78.1 cm³/mol. The van der Waals surface area contributed by atoms with Crippen molar-refractivity contribution in [2.75, 3.05) is 12.3 Å². The second-order valence-electron chi connectivity index (χ2n) is 4.95. The third kappa shape index (κ3) is 3.77. The highest BCUT2D eigenvalue weighted by atomic mass is 32.2. The summed E-state index contributed by atoms with van der Waals surface area (Å²) in [6, 6.07) is 1.96. The van der Waals surface area contributed by atoms with Gasteiger partial charge >= 0.3 is 0 Å². The lowest BCUT2D eigenvalue weighted by molar-refractivity contribution is 0.389. The van der Waals surface area contributed by atoms with Crippen LogP contribution in [-0.2, 0) is 6.54 Å². The highest BCUT2D eigenvalue weighted by Gasteiger charge is 2.27. The molecule has 1 fully saturated rings. The summed E-state index contributed by atoms with van der Waals surface area (Å²) >= 11 is 1.85. The Labute approximate surface area is 113 Å². The molecule has 1 aromatic heterocycles. The number of aliphatic imine (C=N–C) groups is 1. The summed E-state index contributed by atoms with van der Waals surface area (Å²) in [5.74, 6) is 1.18. The van der Waals surface area contributed by atoms with E-state index in [2.05, 4.69) is 29.3 Å². The maximum atomic E-state index is 4.65. The Bertz CT molecular complexity index is 388. The topological polar surface area (TPSA) is 42.2 Å². The van der Waals surface area contributed by atoms with E-state index in [1.165, 1.54) is 12.2 Å². The van der Waals surface area contributed by atoms with Gasteiger partial charge in [0.15, 0.2) is 5.17 Å². The van der Waals surface area contributed by atoms with Crippen molar-refractivity contribution in [2.45, 2.75) is 45.2 Å². The number of rotatable bonds is 5. The van der Waals surface area contributed by atoms with Crippen molar-refractivity contribution >= 4 is 16.9 Å². The van der Waals surface area contributed by atoms with Crippen LogP contribution in [0.1, 0.15) is 33.1 Å². The number of aromatic nitrogens is 2. The van der Waals surface area contributed by atoms with Gasteiger partial charge in [0.1, 0.15) is 0 Å². The highest BCUT2D eigenvalue weighted by Crippen LogP contribution is 2.24. The molecule has 0 bridgehead atoms. The fourth-order valence-corrected chi connectivity index (χ4v) is 3.17. The van der Waals surface area contributed by atoms with Gasteiger partial charge in [-0.15, -0.1) is 0 Å². The zero-order valence-corrected chi connectivity index (χ0v) is 12.0. The van der Waals surface area contributed by atoms with Gasteiger partial charge in [0.25, 0.3) is 0 Å². The fourth-order valence-electron chi connectivity index (χ4n) is 1.93. The van der Waals surface area contributed by atoms with Crippen LogP contribution in [-0.4, -0.2) is 32.8 Å². The Morgan fingerprint density at radius 3 is 3.22 bits per heavy atom. The van der Waals surface area contributed by atoms with Crippen molar-refractivity contribution in [3.05, 3.63) is 18.5 Å². The normalized spacial score (nSPS) is 26.2. The largest absolute Gasteiger partial charge is 0.360 e. The van der Waals surface area contributed by atoms with Crippen LogP contribution in [0, 0.1) is 0 Å². The summed E-state index contributed by atoms with van der Waals surface area (Å²) in [6.45, 7) is 6.33. The van der Waals surface area contributed by atoms with E-state index in [1.807, 2.05) is 34.9 Å². The van der Waals surface area contributed by atoms with Crippen LogP contribution < -0.4 is 5.32 Å². The molecule has 1 aromatic rings. The Hall–Kier alpha value is -0.970. The van der Waals surface area contributed by atoms with Crippen LogP contribution in [0.15, 0.2) is 23.5 Å². The third-order valence-corrected chi connectivity index (χ3v) is 4.35. The number of hydrogen-bond acceptors (Lipinski definition) is 3. The van der Waals surface area contributed by atoms with Gasteiger partial charge in [-0.1, -0.05) is 18.7 Å². The van der Waals surface area contributed by atoms with Gasteiger partial charge in [-0.25, -0.2) is 0 Å². The van der Waals surface area contributed by atoms with E-state index >= 15 is 0 Å². The first kappa shape index (κ1) is 13.5. The van der Waals surface area contributed by atoms with Crippen LogP contribution in [0.3, 0.4) is 0 Å². The molecule has 1 saturated heterocycles. The van der Waals surface area contributed by atoms with Gasteiger partial charge in [0.2, 0.25) is 0 Å². The van der Waals surface area contributed by atoms with Gasteiger partial charge in [-0.05, 0) is 32.3 Å². The van der Waals surface area contributed by atoms with Gasteiger partial charge < -0.3 is 5.32 Å². The molecule has 100 valence electrons. The smallest absolute Gasteiger partial charge is 0.156 e. The maximum Gasteiger partial charge on any atom is 0.156 e. The standard InChI is InChI=1S/C13H22N4S/c1-3-13(2)6-11-18-12(16-13)14-7-4-9-17-10-5-8-15-17/h5,8,10H,3-4,6-7,9,11H2,1-2H3,(H,14,16). The SMILES string of the molecule is CCC1(C)CCSC(=NCCCn2cccn2)N1. The van der Waals surface area contributed by atoms with Crippen molar-refractivity contribution in [3.63, 3.8) is 0 Å². The molecule has 1 N–H and O–H groups in total. The molecule has 1 aliphatic rings. The minimum atomic E-state index is 0.242. The number of hydrogen-bond donors (Lipinski definition) is 1. The molecule has 0 aliphatic carbocycles. The number of amidine groups is 1. The Morgan fingerprint density at radius 2 is 2.50 bits per heavy atom. The average Bonchev–Trinajstić information content (AvgIpc) is 2.88. The van der Waals surface area contributed by atoms with E-state index in [4.69, 9.17) is 0 Å². The molecule has 2 heterocycles. The van der Waals surface area contributed by atoms with Gasteiger partial charge in [-0.3, -0.25) is 9.67 Å². The average molecular weight is 266 g/mol. The summed E-state index contributed by atoms with van der Waals surface area (Å²) in [7, 11) is 0. The van der Waals surface area contributed by atoms with Crippen LogP contribution in [0.4, 0.5) is 0 Å². The lowest BCUT2D eigenvalue weighted by Gasteiger charge is -2.35. The minimum absolute atomic E-state index is 0.242. The molecule has 5 heteroatoms. The maximum absolute atomic E-state index is 4.65. The molecule has 0 amide bonds. The van der Waals surface area contributed by atoms with Crippen molar-refractivity contribution < 1.29 is 0 Å². The summed E-state index contributed by atoms with van der Waals surface area (Å²) in [6.07, 6.45) is 7.22. The van der Waals surface area contributed by atoms with E-state index in [0.717, 1.165) is 31.1 Å². The highest BCUT2D eigenvalue weighted by molar-refractivity contribution is 8.13. The second-order valence-corrected chi connectivity index (χ2v) is 6.03. The molecule has 1 unspecified atom stereocenters. The van der Waals surface area contributed by atoms with E-state index in [9.17, 15) is 0 Å². The molecular weight excluding hydrogens is 244 g/mol. The fraction of sp³-hybridized carbons (Fsp3) is 0.692. The molecular formula is C13H22N4S. The molecule has 4 nitrogen and oxygen atoms in total. The predicted octanol–water partition coefficient (Wildman–Crippen LogP) is 2.52. The zero-order chi connectivity index (χ0) is 12.8. The number of nitrogens with zero attached hydrogens (tertiary/aromatic N) is 3. The lowest BCUT2D eigenvalue weighted by Crippen LogP contribution is -2.48. The van der Waals surface area contributed by atoms with Crippen molar-refractivity contribution in [2.24, 2.45) is 4.99 Å². The van der Waals surface area contributed by atoms with Crippen LogP contribution >= 0.6 is 11.8 Å². The summed E-state index contributed by atoms with van der Waals surface area (Å²) < 4.78 is 1.96. The van der Waals surface area contributed by atoms with Gasteiger partial charge in [0.05, 0.1) is 0 Å². The summed E-state index contributed by atoms with van der Waals surface area (Å²) in [5, 5.41) is 8.86. The molecule has 0 radical (unpaired) electrons. The zero-order valence-electron chi connectivity index (χ0n) is 11.2. The van der Waals surface area contributed by atoms with Crippen LogP contribution in [0.2, 0.25) is 0 Å². The quantitative estimate of drug-likeness (QED) is 0.833. The van der Waals surface area contributed by atoms with Gasteiger partial charge in [-0.2, -0.15) is 5.10 Å². The lowest BCUT2D eigenvalue weighted by atomic mass is 9.96. The van der Waals surface area contributed by atoms with E-state index in [-0.39, 0.29) is 5.54 Å². The van der Waals surface area contributed by atoms with Crippen molar-refractivity contribution in [1.82, 2.24) is 15.1 Å². The summed E-state index contributed by atoms with van der Waals surface area (Å²) in [5.41, 5.74) is 0.242. The molecule has 2 rings (SSSR count). The number of aryl methyl sites for hydroxylation is 1. The Morgan fingerprint density at radius 1 is 1.61 bits per heavy atom. The number of thioether (sulfide) groups is 1. The molecule has 1 atom stereocenters. The first-order valence-electron chi connectivity index (χ1n) is 6.65. The molecule has 0 saturated carbocycles. The van der Waals surface area contributed by atoms with Crippen molar-refractivity contribution in [3.8, 4) is 0 Å². The van der Waals surface area contributed by atoms with E-state index in [0.29, 0.717) is 0 Å². The van der Waals surface area contributed by atoms with E-state index in [1.54, 1.807) is 0 Å². The first-order valence-corrected chi connectivity index (χ1v) is 7.63. The monoisotopic (exact) mass is 266 g/mol. The molecule has 18 heavy (non-hydrogen) atoms. The molecule has 1 aliphatic heterocycles. The first-order chi connectivity index (χ1) is 8.72. The minimum Gasteiger partial charge on any atom is -0.360 e. The van der Waals surface area contributed by atoms with Gasteiger partial charge in [0, 0.05) is 36.8 Å². The summed E-state index contributed by atoms with van der Waals surface area (Å²) in [4.78, 5) is 4.65. The van der Waals surface area contributed by atoms with Crippen LogP contribution in [0.5, 0.6) is 0 Å². The number of nitrogens with one attached hydrogen (secondary N) is 1. The molecule has 0 spiro atoms. The Balaban J connectivity index is 1.75.